The Morgan fingerprint density at radius 2 is 1.55 bits per heavy atom. The molecule has 2 atom stereocenters. The number of nitrogens with one attached hydrogen (secondary N) is 1. The Morgan fingerprint density at radius 1 is 0.950 bits per heavy atom. The van der Waals surface area contributed by atoms with Crippen LogP contribution in [-0.2, 0) is 4.79 Å². The van der Waals surface area contributed by atoms with E-state index in [4.69, 9.17) is 0 Å². The van der Waals surface area contributed by atoms with E-state index in [1.807, 2.05) is 54.6 Å². The van der Waals surface area contributed by atoms with Crippen LogP contribution >= 0.6 is 47.8 Å². The molecular weight excluding hydrogens is 450 g/mol. The maximum atomic E-state index is 12.2. The molecule has 20 heavy (non-hydrogen) atoms. The summed E-state index contributed by atoms with van der Waals surface area (Å²) in [5, 5.41) is 2.88. The maximum absolute atomic E-state index is 12.2. The van der Waals surface area contributed by atoms with Crippen molar-refractivity contribution < 1.29 is 4.79 Å². The van der Waals surface area contributed by atoms with Crippen molar-refractivity contribution in [3.8, 4) is 0 Å². The number of alkyl halides is 2. The molecule has 5 heteroatoms. The van der Waals surface area contributed by atoms with E-state index in [-0.39, 0.29) is 15.6 Å². The molecule has 0 aliphatic heterocycles. The number of carbonyl (C=O) groups excluding carboxylic acids is 1. The molecule has 2 aromatic rings. The molecule has 0 spiro atoms. The van der Waals surface area contributed by atoms with Gasteiger partial charge in [0.15, 0.2) is 0 Å². The van der Waals surface area contributed by atoms with Gasteiger partial charge in [-0.2, -0.15) is 0 Å². The molecule has 0 saturated heterocycles. The molecule has 0 bridgehead atoms. The van der Waals surface area contributed by atoms with Crippen LogP contribution < -0.4 is 5.32 Å². The normalized spacial score (nSPS) is 13.6. The van der Waals surface area contributed by atoms with Crippen molar-refractivity contribution in [2.24, 2.45) is 0 Å². The van der Waals surface area contributed by atoms with Gasteiger partial charge in [0.25, 0.3) is 0 Å². The number of rotatable bonds is 4. The average Bonchev–Trinajstić information content (AvgIpc) is 2.49. The highest BCUT2D eigenvalue weighted by molar-refractivity contribution is 9.12. The molecule has 2 nitrogen and oxygen atoms in total. The molecule has 0 fully saturated rings. The molecule has 104 valence electrons. The predicted octanol–water partition coefficient (Wildman–Crippen LogP) is 5.29. The van der Waals surface area contributed by atoms with Crippen molar-refractivity contribution in [3.05, 3.63) is 64.6 Å². The smallest absolute Gasteiger partial charge is 0.239 e. The van der Waals surface area contributed by atoms with Gasteiger partial charge < -0.3 is 5.32 Å². The lowest BCUT2D eigenvalue weighted by Gasteiger charge is -2.17. The fourth-order valence-electron chi connectivity index (χ4n) is 1.68. The van der Waals surface area contributed by atoms with E-state index in [1.54, 1.807) is 0 Å². The van der Waals surface area contributed by atoms with Gasteiger partial charge in [-0.05, 0) is 29.8 Å². The second-order valence-electron chi connectivity index (χ2n) is 4.21. The van der Waals surface area contributed by atoms with E-state index in [1.165, 1.54) is 0 Å². The molecular formula is C15H12Br3NO. The molecule has 0 heterocycles. The third kappa shape index (κ3) is 4.17. The quantitative estimate of drug-likeness (QED) is 0.616. The molecule has 1 N–H and O–H groups in total. The van der Waals surface area contributed by atoms with Crippen LogP contribution in [0.3, 0.4) is 0 Å². The van der Waals surface area contributed by atoms with Crippen LogP contribution in [0.1, 0.15) is 10.4 Å². The van der Waals surface area contributed by atoms with Crippen LogP contribution in [0.25, 0.3) is 0 Å². The summed E-state index contributed by atoms with van der Waals surface area (Å²) in [6.45, 7) is 0. The van der Waals surface area contributed by atoms with E-state index < -0.39 is 0 Å². The minimum atomic E-state index is -0.353. The van der Waals surface area contributed by atoms with E-state index in [9.17, 15) is 4.79 Å². The van der Waals surface area contributed by atoms with Crippen molar-refractivity contribution in [2.45, 2.75) is 9.65 Å². The molecule has 1 amide bonds. The number of amides is 1. The first kappa shape index (κ1) is 15.7. The zero-order chi connectivity index (χ0) is 14.5. The number of halogens is 3. The number of hydrogen-bond donors (Lipinski definition) is 1. The molecule has 0 aromatic heterocycles. The summed E-state index contributed by atoms with van der Waals surface area (Å²) >= 11 is 10.4. The Labute approximate surface area is 143 Å². The fourth-order valence-corrected chi connectivity index (χ4v) is 2.91. The molecule has 2 rings (SSSR count). The van der Waals surface area contributed by atoms with Gasteiger partial charge >= 0.3 is 0 Å². The molecule has 0 aliphatic carbocycles. The molecule has 2 aromatic carbocycles. The lowest BCUT2D eigenvalue weighted by Crippen LogP contribution is -2.26. The topological polar surface area (TPSA) is 29.1 Å². The summed E-state index contributed by atoms with van der Waals surface area (Å²) in [6, 6.07) is 17.3. The van der Waals surface area contributed by atoms with E-state index in [0.29, 0.717) is 0 Å². The second-order valence-corrected chi connectivity index (χ2v) is 7.10. The van der Waals surface area contributed by atoms with Gasteiger partial charge in [0.2, 0.25) is 5.91 Å². The van der Waals surface area contributed by atoms with Gasteiger partial charge in [-0.25, -0.2) is 0 Å². The van der Waals surface area contributed by atoms with Crippen molar-refractivity contribution >= 4 is 59.4 Å². The molecule has 0 saturated carbocycles. The van der Waals surface area contributed by atoms with Crippen LogP contribution in [0.4, 0.5) is 5.69 Å². The highest BCUT2D eigenvalue weighted by Gasteiger charge is 2.24. The maximum Gasteiger partial charge on any atom is 0.239 e. The van der Waals surface area contributed by atoms with Crippen LogP contribution in [0.2, 0.25) is 0 Å². The molecule has 0 aliphatic rings. The average molecular weight is 462 g/mol. The number of benzene rings is 2. The van der Waals surface area contributed by atoms with E-state index in [0.717, 1.165) is 15.7 Å². The van der Waals surface area contributed by atoms with Crippen LogP contribution in [-0.4, -0.2) is 10.7 Å². The fraction of sp³-hybridized carbons (Fsp3) is 0.133. The summed E-state index contributed by atoms with van der Waals surface area (Å²) in [5.41, 5.74) is 1.83. The molecule has 0 unspecified atom stereocenters. The van der Waals surface area contributed by atoms with E-state index >= 15 is 0 Å². The number of hydrogen-bond acceptors (Lipinski definition) is 1. The SMILES string of the molecule is O=C(Nc1ccc(Br)cc1)[C@@H](Br)[C@H](Br)c1ccccc1. The van der Waals surface area contributed by atoms with Crippen LogP contribution in [0.15, 0.2) is 59.1 Å². The van der Waals surface area contributed by atoms with Gasteiger partial charge in [-0.3, -0.25) is 4.79 Å². The highest BCUT2D eigenvalue weighted by Crippen LogP contribution is 2.31. The second kappa shape index (κ2) is 7.38. The Bertz CT molecular complexity index is 571. The Kier molecular flexibility index (Phi) is 5.81. The van der Waals surface area contributed by atoms with E-state index in [2.05, 4.69) is 53.1 Å². The zero-order valence-corrected chi connectivity index (χ0v) is 15.2. The first-order valence-electron chi connectivity index (χ1n) is 5.97. The summed E-state index contributed by atoms with van der Waals surface area (Å²) < 4.78 is 0.980. The van der Waals surface area contributed by atoms with Crippen LogP contribution in [0, 0.1) is 0 Å². The van der Waals surface area contributed by atoms with Crippen molar-refractivity contribution in [1.29, 1.82) is 0 Å². The van der Waals surface area contributed by atoms with Gasteiger partial charge in [0, 0.05) is 10.2 Å². The third-order valence-corrected chi connectivity index (χ3v) is 5.98. The summed E-state index contributed by atoms with van der Waals surface area (Å²) in [7, 11) is 0. The van der Waals surface area contributed by atoms with Gasteiger partial charge in [0.1, 0.15) is 4.83 Å². The minimum Gasteiger partial charge on any atom is -0.325 e. The summed E-state index contributed by atoms with van der Waals surface area (Å²) in [4.78, 5) is 11.8. The summed E-state index contributed by atoms with van der Waals surface area (Å²) in [6.07, 6.45) is 0. The highest BCUT2D eigenvalue weighted by atomic mass is 79.9. The zero-order valence-electron chi connectivity index (χ0n) is 10.4. The summed E-state index contributed by atoms with van der Waals surface area (Å²) in [5.74, 6) is -0.0851. The Morgan fingerprint density at radius 3 is 2.15 bits per heavy atom. The van der Waals surface area contributed by atoms with Crippen molar-refractivity contribution in [3.63, 3.8) is 0 Å². The standard InChI is InChI=1S/C15H12Br3NO/c16-11-6-8-12(9-7-11)19-15(20)14(18)13(17)10-4-2-1-3-5-10/h1-9,13-14H,(H,19,20)/t13-,14+/m1/s1. The number of anilines is 1. The third-order valence-electron chi connectivity index (χ3n) is 2.74. The van der Waals surface area contributed by atoms with Gasteiger partial charge in [-0.1, -0.05) is 78.1 Å². The largest absolute Gasteiger partial charge is 0.325 e. The van der Waals surface area contributed by atoms with Gasteiger partial charge in [0.05, 0.1) is 4.83 Å². The van der Waals surface area contributed by atoms with Crippen LogP contribution in [0.5, 0.6) is 0 Å². The van der Waals surface area contributed by atoms with Crippen molar-refractivity contribution in [2.75, 3.05) is 5.32 Å². The molecule has 0 radical (unpaired) electrons. The Hall–Kier alpha value is -0.650. The monoisotopic (exact) mass is 459 g/mol. The lowest BCUT2D eigenvalue weighted by atomic mass is 10.1. The first-order valence-corrected chi connectivity index (χ1v) is 8.60. The predicted molar refractivity (Wildman–Crippen MR) is 93.6 cm³/mol. The van der Waals surface area contributed by atoms with Gasteiger partial charge in [-0.15, -0.1) is 0 Å². The number of carbonyl (C=O) groups is 1. The Balaban J connectivity index is 2.03. The van der Waals surface area contributed by atoms with Crippen molar-refractivity contribution in [1.82, 2.24) is 0 Å². The first-order chi connectivity index (χ1) is 9.58. The minimum absolute atomic E-state index is 0.0841. The lowest BCUT2D eigenvalue weighted by molar-refractivity contribution is -0.115.